The summed E-state index contributed by atoms with van der Waals surface area (Å²) in [6.07, 6.45) is 7.50. The van der Waals surface area contributed by atoms with Gasteiger partial charge in [-0.3, -0.25) is 9.59 Å². The van der Waals surface area contributed by atoms with Crippen molar-refractivity contribution in [1.82, 2.24) is 15.2 Å². The first kappa shape index (κ1) is 30.1. The molecular formula is C30H42FN3O5. The lowest BCUT2D eigenvalue weighted by atomic mass is 9.92. The van der Waals surface area contributed by atoms with E-state index in [0.29, 0.717) is 13.3 Å². The third-order valence-corrected chi connectivity index (χ3v) is 6.55. The maximum atomic E-state index is 12.9. The summed E-state index contributed by atoms with van der Waals surface area (Å²) in [6.45, 7) is 7.83. The van der Waals surface area contributed by atoms with E-state index in [0.717, 1.165) is 43.5 Å². The van der Waals surface area contributed by atoms with Gasteiger partial charge in [-0.2, -0.15) is 0 Å². The number of rotatable bonds is 11. The number of allylic oxidation sites excluding steroid dienone is 1. The highest BCUT2D eigenvalue weighted by molar-refractivity contribution is 5.92. The Morgan fingerprint density at radius 1 is 1.18 bits per heavy atom. The molecule has 1 aliphatic heterocycles. The molecule has 9 heteroatoms. The Balaban J connectivity index is 0.000000358. The molecule has 1 saturated carbocycles. The molecule has 4 rings (SSSR count). The molecule has 0 spiro atoms. The van der Waals surface area contributed by atoms with Gasteiger partial charge < -0.3 is 24.4 Å². The summed E-state index contributed by atoms with van der Waals surface area (Å²) in [4.78, 5) is 29.5. The molecule has 0 saturated heterocycles. The van der Waals surface area contributed by atoms with Crippen molar-refractivity contribution >= 4 is 11.9 Å². The number of carbonyl (C=O) groups excluding carboxylic acids is 2. The highest BCUT2D eigenvalue weighted by Gasteiger charge is 2.34. The summed E-state index contributed by atoms with van der Waals surface area (Å²) in [6, 6.07) is 8.57. The zero-order valence-corrected chi connectivity index (χ0v) is 23.5. The summed E-state index contributed by atoms with van der Waals surface area (Å²) in [5, 5.41) is 3.08. The molecule has 214 valence electrons. The molecule has 8 nitrogen and oxygen atoms in total. The number of fused-ring (bicyclic) bond motifs is 1. The fraction of sp³-hybridized carbons (Fsp3) is 0.500. The molecule has 1 fully saturated rings. The van der Waals surface area contributed by atoms with Crippen molar-refractivity contribution in [2.45, 2.75) is 52.7 Å². The molecule has 1 amide bonds. The first-order valence-electron chi connectivity index (χ1n) is 13.4. The third kappa shape index (κ3) is 9.35. The van der Waals surface area contributed by atoms with Gasteiger partial charge in [-0.05, 0) is 68.0 Å². The molecule has 1 aromatic carbocycles. The number of esters is 1. The van der Waals surface area contributed by atoms with Crippen molar-refractivity contribution < 1.29 is 29.6 Å². The smallest absolute Gasteiger partial charge is 0.309 e. The standard InChI is InChI=1S/C21H29FN2O3.C9H11NO2.H2/c1-14(2)19(27-21(26)16-8-9-16)15(3)7-5-6-12-24(4)20(25)18-11-10-17(22)13-23-18;1-10-5-7-2-3-8-9(4-7)12-6-11-8;/h5-6,10-11,13-16,19H,7-9,12H2,1-4H3;2-4,10H,5-6H2,1H3;1H/b6-5-;;/t15-,19+;;/m1../s1. The highest BCUT2D eigenvalue weighted by Crippen LogP contribution is 2.33. The monoisotopic (exact) mass is 543 g/mol. The molecule has 1 aliphatic carbocycles. The summed E-state index contributed by atoms with van der Waals surface area (Å²) in [5.41, 5.74) is 1.43. The number of amides is 1. The van der Waals surface area contributed by atoms with E-state index in [1.54, 1.807) is 7.05 Å². The van der Waals surface area contributed by atoms with Gasteiger partial charge in [0.1, 0.15) is 17.6 Å². The fourth-order valence-electron chi connectivity index (χ4n) is 4.17. The van der Waals surface area contributed by atoms with Crippen LogP contribution < -0.4 is 14.8 Å². The summed E-state index contributed by atoms with van der Waals surface area (Å²) < 4.78 is 29.0. The van der Waals surface area contributed by atoms with E-state index in [9.17, 15) is 14.0 Å². The first-order chi connectivity index (χ1) is 18.7. The number of hydrogen-bond donors (Lipinski definition) is 1. The number of pyridine rings is 1. The van der Waals surface area contributed by atoms with Crippen LogP contribution in [-0.2, 0) is 16.1 Å². The number of likely N-dealkylation sites (N-methyl/N-ethyl adjacent to an activating group) is 1. The molecular weight excluding hydrogens is 501 g/mol. The number of ether oxygens (including phenoxy) is 3. The molecule has 0 unspecified atom stereocenters. The third-order valence-electron chi connectivity index (χ3n) is 6.55. The van der Waals surface area contributed by atoms with Gasteiger partial charge in [-0.25, -0.2) is 9.37 Å². The lowest BCUT2D eigenvalue weighted by Crippen LogP contribution is -2.30. The van der Waals surface area contributed by atoms with Crippen LogP contribution in [-0.4, -0.2) is 55.3 Å². The number of nitrogens with one attached hydrogen (secondary N) is 1. The van der Waals surface area contributed by atoms with E-state index in [4.69, 9.17) is 14.2 Å². The van der Waals surface area contributed by atoms with Gasteiger partial charge in [0.15, 0.2) is 11.5 Å². The number of nitrogens with zero attached hydrogens (tertiary/aromatic N) is 2. The van der Waals surface area contributed by atoms with Crippen molar-refractivity contribution in [3.63, 3.8) is 0 Å². The number of halogens is 1. The van der Waals surface area contributed by atoms with Gasteiger partial charge in [-0.15, -0.1) is 0 Å². The Hall–Kier alpha value is -3.46. The van der Waals surface area contributed by atoms with Gasteiger partial charge in [-0.1, -0.05) is 39.0 Å². The van der Waals surface area contributed by atoms with E-state index in [1.165, 1.54) is 22.6 Å². The summed E-state index contributed by atoms with van der Waals surface area (Å²) in [7, 11) is 3.60. The van der Waals surface area contributed by atoms with E-state index in [-0.39, 0.29) is 42.9 Å². The number of aromatic nitrogens is 1. The largest absolute Gasteiger partial charge is 0.462 e. The van der Waals surface area contributed by atoms with Crippen molar-refractivity contribution in [2.24, 2.45) is 17.8 Å². The molecule has 0 radical (unpaired) electrons. The average molecular weight is 544 g/mol. The second-order valence-electron chi connectivity index (χ2n) is 10.4. The quantitative estimate of drug-likeness (QED) is 0.306. The maximum absolute atomic E-state index is 12.9. The van der Waals surface area contributed by atoms with Crippen LogP contribution in [0.5, 0.6) is 11.5 Å². The second-order valence-corrected chi connectivity index (χ2v) is 10.4. The molecule has 0 bridgehead atoms. The molecule has 1 aromatic heterocycles. The van der Waals surface area contributed by atoms with Crippen LogP contribution in [0.25, 0.3) is 0 Å². The molecule has 2 atom stereocenters. The van der Waals surface area contributed by atoms with Crippen molar-refractivity contribution in [1.29, 1.82) is 0 Å². The Bertz CT molecular complexity index is 1120. The Labute approximate surface area is 232 Å². The normalized spacial score (nSPS) is 15.5. The number of carbonyl (C=O) groups is 2. The van der Waals surface area contributed by atoms with Crippen molar-refractivity contribution in [3.05, 3.63) is 65.8 Å². The number of hydrogen-bond acceptors (Lipinski definition) is 7. The zero-order chi connectivity index (χ0) is 28.4. The van der Waals surface area contributed by atoms with Crippen LogP contribution >= 0.6 is 0 Å². The summed E-state index contributed by atoms with van der Waals surface area (Å²) in [5.74, 6) is 1.46. The topological polar surface area (TPSA) is 90.0 Å². The lowest BCUT2D eigenvalue weighted by molar-refractivity contribution is -0.155. The number of benzene rings is 1. The Morgan fingerprint density at radius 3 is 2.56 bits per heavy atom. The van der Waals surface area contributed by atoms with E-state index in [2.05, 4.69) is 31.1 Å². The van der Waals surface area contributed by atoms with Crippen LogP contribution in [0.15, 0.2) is 48.7 Å². The summed E-state index contributed by atoms with van der Waals surface area (Å²) >= 11 is 0. The fourth-order valence-corrected chi connectivity index (χ4v) is 4.17. The van der Waals surface area contributed by atoms with Crippen molar-refractivity contribution in [3.8, 4) is 11.5 Å². The SMILES string of the molecule is CC(C)[C@H](OC(=O)C1CC1)[C@H](C)C/C=C\CN(C)C(=O)c1ccc(F)cn1.CNCc1ccc2c(c1)OCO2.[HH]. The minimum absolute atomic E-state index is 0. The van der Waals surface area contributed by atoms with Crippen LogP contribution in [0, 0.1) is 23.6 Å². The molecule has 2 heterocycles. The Morgan fingerprint density at radius 2 is 1.92 bits per heavy atom. The predicted molar refractivity (Wildman–Crippen MR) is 149 cm³/mol. The van der Waals surface area contributed by atoms with Crippen LogP contribution in [0.3, 0.4) is 0 Å². The minimum atomic E-state index is -0.467. The van der Waals surface area contributed by atoms with Gasteiger partial charge in [0.05, 0.1) is 12.1 Å². The maximum Gasteiger partial charge on any atom is 0.309 e. The molecule has 1 N–H and O–H groups in total. The second kappa shape index (κ2) is 14.6. The minimum Gasteiger partial charge on any atom is -0.462 e. The molecule has 2 aliphatic rings. The van der Waals surface area contributed by atoms with Gasteiger partial charge in [0.25, 0.3) is 5.91 Å². The first-order valence-corrected chi connectivity index (χ1v) is 13.4. The van der Waals surface area contributed by atoms with E-state index < -0.39 is 5.82 Å². The molecule has 2 aromatic rings. The molecule has 39 heavy (non-hydrogen) atoms. The highest BCUT2D eigenvalue weighted by atomic mass is 19.1. The predicted octanol–water partition coefficient (Wildman–Crippen LogP) is 5.23. The van der Waals surface area contributed by atoms with Gasteiger partial charge >= 0.3 is 5.97 Å². The zero-order valence-electron chi connectivity index (χ0n) is 23.5. The van der Waals surface area contributed by atoms with Crippen LogP contribution in [0.2, 0.25) is 0 Å². The van der Waals surface area contributed by atoms with E-state index in [1.807, 2.05) is 37.4 Å². The van der Waals surface area contributed by atoms with Gasteiger partial charge in [0, 0.05) is 21.6 Å². The average Bonchev–Trinajstić information content (AvgIpc) is 3.67. The van der Waals surface area contributed by atoms with Crippen molar-refractivity contribution in [2.75, 3.05) is 27.4 Å². The lowest BCUT2D eigenvalue weighted by Gasteiger charge is -2.27. The van der Waals surface area contributed by atoms with Crippen LogP contribution in [0.1, 0.15) is 57.5 Å². The van der Waals surface area contributed by atoms with Gasteiger partial charge in [0.2, 0.25) is 6.79 Å². The Kier molecular flexibility index (Phi) is 11.3. The van der Waals surface area contributed by atoms with Crippen LogP contribution in [0.4, 0.5) is 4.39 Å². The van der Waals surface area contributed by atoms with E-state index >= 15 is 0 Å².